The molecular formula is C16H24N2O4. The topological polar surface area (TPSA) is 85.0 Å². The van der Waals surface area contributed by atoms with Crippen LogP contribution in [0.3, 0.4) is 0 Å². The number of rotatable bonds is 4. The molecule has 1 aromatic carbocycles. The van der Waals surface area contributed by atoms with Gasteiger partial charge in [0.05, 0.1) is 19.8 Å². The predicted molar refractivity (Wildman–Crippen MR) is 84.0 cm³/mol. The molecule has 1 atom stereocenters. The van der Waals surface area contributed by atoms with Gasteiger partial charge in [0, 0.05) is 17.6 Å². The van der Waals surface area contributed by atoms with Crippen molar-refractivity contribution in [1.82, 2.24) is 4.90 Å². The molecule has 0 aromatic heterocycles. The number of hydrogen-bond donors (Lipinski definition) is 2. The van der Waals surface area contributed by atoms with Gasteiger partial charge in [0.1, 0.15) is 11.9 Å². The zero-order valence-electron chi connectivity index (χ0n) is 13.3. The van der Waals surface area contributed by atoms with Crippen LogP contribution in [-0.4, -0.2) is 41.0 Å². The van der Waals surface area contributed by atoms with E-state index >= 15 is 0 Å². The summed E-state index contributed by atoms with van der Waals surface area (Å²) < 4.78 is 11.1. The summed E-state index contributed by atoms with van der Waals surface area (Å²) >= 11 is 0. The number of amides is 1. The maximum Gasteiger partial charge on any atom is 0.408 e. The highest BCUT2D eigenvalue weighted by Gasteiger charge is 2.27. The van der Waals surface area contributed by atoms with Crippen LogP contribution in [0.4, 0.5) is 10.5 Å². The minimum Gasteiger partial charge on any atom is -0.488 e. The molecule has 6 heteroatoms. The van der Waals surface area contributed by atoms with E-state index in [9.17, 15) is 9.90 Å². The third-order valence-corrected chi connectivity index (χ3v) is 3.67. The van der Waals surface area contributed by atoms with E-state index in [0.717, 1.165) is 12.0 Å². The molecule has 0 aliphatic carbocycles. The van der Waals surface area contributed by atoms with Crippen LogP contribution in [0.15, 0.2) is 18.2 Å². The van der Waals surface area contributed by atoms with E-state index in [2.05, 4.69) is 0 Å². The normalized spacial score (nSPS) is 18.2. The van der Waals surface area contributed by atoms with Gasteiger partial charge in [0.2, 0.25) is 0 Å². The Hall–Kier alpha value is -1.95. The Morgan fingerprint density at radius 1 is 1.50 bits per heavy atom. The lowest BCUT2D eigenvalue weighted by molar-refractivity contribution is 0.0955. The van der Waals surface area contributed by atoms with Gasteiger partial charge in [-0.15, -0.1) is 0 Å². The molecule has 1 saturated heterocycles. The largest absolute Gasteiger partial charge is 0.488 e. The molecule has 2 rings (SSSR count). The van der Waals surface area contributed by atoms with Crippen LogP contribution in [-0.2, 0) is 11.3 Å². The van der Waals surface area contributed by atoms with Crippen molar-refractivity contribution in [1.29, 1.82) is 0 Å². The lowest BCUT2D eigenvalue weighted by atomic mass is 10.0. The number of hydrogen-bond acceptors (Lipinski definition) is 4. The Kier molecular flexibility index (Phi) is 4.81. The molecular weight excluding hydrogens is 284 g/mol. The van der Waals surface area contributed by atoms with E-state index in [4.69, 9.17) is 15.2 Å². The van der Waals surface area contributed by atoms with Crippen LogP contribution in [0.1, 0.15) is 32.8 Å². The van der Waals surface area contributed by atoms with Crippen LogP contribution in [0.5, 0.6) is 5.75 Å². The molecule has 1 unspecified atom stereocenters. The van der Waals surface area contributed by atoms with Crippen LogP contribution in [0.2, 0.25) is 0 Å². The minimum absolute atomic E-state index is 0.0506. The molecule has 1 heterocycles. The zero-order valence-corrected chi connectivity index (χ0v) is 13.3. The molecule has 0 bridgehead atoms. The van der Waals surface area contributed by atoms with Crippen molar-refractivity contribution in [2.45, 2.75) is 45.4 Å². The van der Waals surface area contributed by atoms with Crippen molar-refractivity contribution >= 4 is 11.8 Å². The summed E-state index contributed by atoms with van der Waals surface area (Å²) in [5, 5.41) is 9.40. The van der Waals surface area contributed by atoms with Crippen LogP contribution >= 0.6 is 0 Å². The fourth-order valence-electron chi connectivity index (χ4n) is 2.35. The van der Waals surface area contributed by atoms with Gasteiger partial charge >= 0.3 is 6.09 Å². The molecule has 122 valence electrons. The van der Waals surface area contributed by atoms with Crippen LogP contribution in [0, 0.1) is 0 Å². The Balaban J connectivity index is 2.16. The number of anilines is 1. The Bertz CT molecular complexity index is 533. The quantitative estimate of drug-likeness (QED) is 0.835. The lowest BCUT2D eigenvalue weighted by Gasteiger charge is -2.33. The van der Waals surface area contributed by atoms with Gasteiger partial charge in [0.25, 0.3) is 0 Å². The monoisotopic (exact) mass is 308 g/mol. The number of carbonyl (C=O) groups is 1. The third kappa shape index (κ3) is 4.04. The van der Waals surface area contributed by atoms with E-state index in [1.807, 2.05) is 26.8 Å². The molecule has 1 aromatic rings. The lowest BCUT2D eigenvalue weighted by Crippen LogP contribution is -2.44. The average Bonchev–Trinajstić information content (AvgIpc) is 2.90. The first-order valence-corrected chi connectivity index (χ1v) is 7.41. The smallest absolute Gasteiger partial charge is 0.408 e. The van der Waals surface area contributed by atoms with Gasteiger partial charge in [-0.25, -0.2) is 4.79 Å². The van der Waals surface area contributed by atoms with Crippen molar-refractivity contribution < 1.29 is 19.4 Å². The number of nitrogens with two attached hydrogens (primary N) is 1. The Morgan fingerprint density at radius 3 is 2.77 bits per heavy atom. The molecule has 6 nitrogen and oxygen atoms in total. The van der Waals surface area contributed by atoms with Gasteiger partial charge < -0.3 is 20.3 Å². The minimum atomic E-state index is -0.970. The summed E-state index contributed by atoms with van der Waals surface area (Å²) in [6.45, 7) is 7.09. The Labute approximate surface area is 130 Å². The number of benzene rings is 1. The second-order valence-electron chi connectivity index (χ2n) is 6.50. The van der Waals surface area contributed by atoms with E-state index in [-0.39, 0.29) is 12.6 Å². The second-order valence-corrected chi connectivity index (χ2v) is 6.50. The first-order chi connectivity index (χ1) is 10.3. The molecule has 0 radical (unpaired) electrons. The highest BCUT2D eigenvalue weighted by molar-refractivity contribution is 5.66. The fourth-order valence-corrected chi connectivity index (χ4v) is 2.35. The van der Waals surface area contributed by atoms with Gasteiger partial charge in [-0.3, -0.25) is 4.90 Å². The summed E-state index contributed by atoms with van der Waals surface area (Å²) in [5.41, 5.74) is 6.79. The number of nitrogens with zero attached hydrogens (tertiary/aromatic N) is 1. The second kappa shape index (κ2) is 6.44. The van der Waals surface area contributed by atoms with Crippen molar-refractivity contribution in [3.63, 3.8) is 0 Å². The van der Waals surface area contributed by atoms with Crippen molar-refractivity contribution in [3.8, 4) is 5.75 Å². The molecule has 0 spiro atoms. The number of ether oxygens (including phenoxy) is 2. The SMILES string of the molecule is CC(C)(C)N(Cc1cc(OC2CCOC2)ccc1N)C(=O)O. The van der Waals surface area contributed by atoms with Crippen molar-refractivity contribution in [2.24, 2.45) is 0 Å². The van der Waals surface area contributed by atoms with Crippen LogP contribution < -0.4 is 10.5 Å². The molecule has 3 N–H and O–H groups in total. The van der Waals surface area contributed by atoms with Crippen molar-refractivity contribution in [2.75, 3.05) is 18.9 Å². The summed E-state index contributed by atoms with van der Waals surface area (Å²) in [5.74, 6) is 0.693. The average molecular weight is 308 g/mol. The first-order valence-electron chi connectivity index (χ1n) is 7.41. The summed E-state index contributed by atoms with van der Waals surface area (Å²) in [4.78, 5) is 12.8. The van der Waals surface area contributed by atoms with E-state index < -0.39 is 11.6 Å². The summed E-state index contributed by atoms with van der Waals surface area (Å²) in [6.07, 6.45) is -0.0553. The standard InChI is InChI=1S/C16H24N2O4/c1-16(2,3)18(15(19)20)9-11-8-12(4-5-14(11)17)22-13-6-7-21-10-13/h4-5,8,13H,6-7,9-10,17H2,1-3H3,(H,19,20). The van der Waals surface area contributed by atoms with Crippen molar-refractivity contribution in [3.05, 3.63) is 23.8 Å². The molecule has 0 saturated carbocycles. The highest BCUT2D eigenvalue weighted by atomic mass is 16.5. The highest BCUT2D eigenvalue weighted by Crippen LogP contribution is 2.26. The number of nitrogen functional groups attached to an aromatic ring is 1. The molecule has 1 aliphatic rings. The number of carboxylic acid groups (broad SMARTS) is 1. The molecule has 22 heavy (non-hydrogen) atoms. The maximum atomic E-state index is 11.5. The molecule has 1 aliphatic heterocycles. The van der Waals surface area contributed by atoms with E-state index in [0.29, 0.717) is 24.7 Å². The van der Waals surface area contributed by atoms with Gasteiger partial charge in [0.15, 0.2) is 0 Å². The molecule has 1 fully saturated rings. The maximum absolute atomic E-state index is 11.5. The van der Waals surface area contributed by atoms with E-state index in [1.54, 1.807) is 12.1 Å². The van der Waals surface area contributed by atoms with Gasteiger partial charge in [-0.2, -0.15) is 0 Å². The first kappa shape index (κ1) is 16.4. The third-order valence-electron chi connectivity index (χ3n) is 3.67. The Morgan fingerprint density at radius 2 is 2.23 bits per heavy atom. The fraction of sp³-hybridized carbons (Fsp3) is 0.562. The van der Waals surface area contributed by atoms with Gasteiger partial charge in [-0.1, -0.05) is 0 Å². The summed E-state index contributed by atoms with van der Waals surface area (Å²) in [7, 11) is 0. The zero-order chi connectivity index (χ0) is 16.3. The van der Waals surface area contributed by atoms with Crippen LogP contribution in [0.25, 0.3) is 0 Å². The summed E-state index contributed by atoms with van der Waals surface area (Å²) in [6, 6.07) is 5.37. The van der Waals surface area contributed by atoms with Gasteiger partial charge in [-0.05, 0) is 44.5 Å². The van der Waals surface area contributed by atoms with E-state index in [1.165, 1.54) is 4.90 Å². The molecule has 1 amide bonds. The predicted octanol–water partition coefficient (Wildman–Crippen LogP) is 2.71.